The van der Waals surface area contributed by atoms with Crippen molar-refractivity contribution in [3.8, 4) is 33.4 Å². The lowest BCUT2D eigenvalue weighted by Gasteiger charge is -2.04. The van der Waals surface area contributed by atoms with Crippen LogP contribution in [0.25, 0.3) is 66.5 Å². The second-order valence-corrected chi connectivity index (χ2v) is 11.7. The Hall–Kier alpha value is -6.69. The van der Waals surface area contributed by atoms with Crippen LogP contribution in [-0.4, -0.2) is 45.5 Å². The second-order valence-electron chi connectivity index (χ2n) is 11.7. The second kappa shape index (κ2) is 14.0. The molecule has 9 aromatic rings. The van der Waals surface area contributed by atoms with Crippen LogP contribution >= 0.6 is 0 Å². The van der Waals surface area contributed by atoms with Gasteiger partial charge in [-0.2, -0.15) is 15.3 Å². The molecule has 0 bridgehead atoms. The Balaban J connectivity index is 0.000000119. The van der Waals surface area contributed by atoms with Crippen molar-refractivity contribution in [2.45, 2.75) is 20.8 Å². The number of fused-ring (bicyclic) bond motifs is 3. The maximum Gasteiger partial charge on any atom is 0.181 e. The first-order chi connectivity index (χ1) is 24.8. The Bertz CT molecular complexity index is 2310. The van der Waals surface area contributed by atoms with E-state index in [1.54, 1.807) is 0 Å². The number of nitrogens with zero attached hydrogens (tertiary/aromatic N) is 6. The molecule has 9 nitrogen and oxygen atoms in total. The highest BCUT2D eigenvalue weighted by Gasteiger charge is 2.17. The molecule has 12 heteroatoms. The standard InChI is InChI=1S/3C13H10FN3/c3*1-8-11-12(9-5-3-2-4-6-9)10(14)7-15-13(11)17-16-8/h3*2-7H,1H3,(H,15,16,17). The van der Waals surface area contributed by atoms with Gasteiger partial charge in [0.15, 0.2) is 16.9 Å². The number of aromatic amines is 3. The molecule has 0 atom stereocenters. The maximum absolute atomic E-state index is 14.0. The molecule has 51 heavy (non-hydrogen) atoms. The zero-order chi connectivity index (χ0) is 35.5. The molecule has 3 N–H and O–H groups in total. The molecule has 0 aliphatic rings. The summed E-state index contributed by atoms with van der Waals surface area (Å²) in [4.78, 5) is 11.9. The van der Waals surface area contributed by atoms with E-state index < -0.39 is 0 Å². The van der Waals surface area contributed by atoms with E-state index >= 15 is 0 Å². The lowest BCUT2D eigenvalue weighted by molar-refractivity contribution is 0.627. The fourth-order valence-electron chi connectivity index (χ4n) is 5.99. The van der Waals surface area contributed by atoms with Crippen LogP contribution in [-0.2, 0) is 0 Å². The van der Waals surface area contributed by atoms with Crippen molar-refractivity contribution in [1.82, 2.24) is 45.5 Å². The van der Waals surface area contributed by atoms with Crippen molar-refractivity contribution in [2.24, 2.45) is 0 Å². The van der Waals surface area contributed by atoms with Crippen LogP contribution in [0.5, 0.6) is 0 Å². The molecule has 0 amide bonds. The van der Waals surface area contributed by atoms with Gasteiger partial charge in [-0.25, -0.2) is 28.1 Å². The van der Waals surface area contributed by atoms with E-state index in [4.69, 9.17) is 0 Å². The van der Waals surface area contributed by atoms with Gasteiger partial charge in [0.2, 0.25) is 0 Å². The highest BCUT2D eigenvalue weighted by molar-refractivity contribution is 5.96. The summed E-state index contributed by atoms with van der Waals surface area (Å²) in [5.74, 6) is -0.977. The van der Waals surface area contributed by atoms with E-state index in [9.17, 15) is 13.2 Å². The SMILES string of the molecule is Cc1[nH]nc2ncc(F)c(-c3ccccc3)c12.Cc1[nH]nc2ncc(F)c(-c3ccccc3)c12.Cc1[nH]nc2ncc(F)c(-c3ccccc3)c12. The van der Waals surface area contributed by atoms with Crippen LogP contribution in [0, 0.1) is 38.2 Å². The minimum absolute atomic E-state index is 0.326. The number of H-pyrrole nitrogens is 3. The predicted molar refractivity (Wildman–Crippen MR) is 192 cm³/mol. The van der Waals surface area contributed by atoms with Gasteiger partial charge in [0.05, 0.1) is 34.7 Å². The van der Waals surface area contributed by atoms with Gasteiger partial charge in [-0.1, -0.05) is 91.0 Å². The molecule has 6 aromatic heterocycles. The number of aryl methyl sites for hydroxylation is 3. The fourth-order valence-corrected chi connectivity index (χ4v) is 5.99. The summed E-state index contributed by atoms with van der Waals surface area (Å²) in [6.07, 6.45) is 3.64. The van der Waals surface area contributed by atoms with Crippen molar-refractivity contribution in [1.29, 1.82) is 0 Å². The molecular formula is C39H30F3N9. The molecule has 0 aliphatic heterocycles. The largest absolute Gasteiger partial charge is 0.280 e. The number of hydrogen-bond donors (Lipinski definition) is 3. The Morgan fingerprint density at radius 1 is 0.392 bits per heavy atom. The van der Waals surface area contributed by atoms with Crippen molar-refractivity contribution in [3.05, 3.63) is 144 Å². The van der Waals surface area contributed by atoms with Crippen molar-refractivity contribution in [2.75, 3.05) is 0 Å². The van der Waals surface area contributed by atoms with Crippen molar-refractivity contribution < 1.29 is 13.2 Å². The molecule has 0 fully saturated rings. The van der Waals surface area contributed by atoms with Crippen molar-refractivity contribution >= 4 is 33.1 Å². The van der Waals surface area contributed by atoms with Gasteiger partial charge >= 0.3 is 0 Å². The molecule has 0 aliphatic carbocycles. The minimum Gasteiger partial charge on any atom is -0.280 e. The lowest BCUT2D eigenvalue weighted by atomic mass is 10.0. The number of rotatable bonds is 3. The highest BCUT2D eigenvalue weighted by atomic mass is 19.1. The summed E-state index contributed by atoms with van der Waals surface area (Å²) in [6.45, 7) is 5.59. The van der Waals surface area contributed by atoms with Crippen LogP contribution in [0.2, 0.25) is 0 Å². The molecule has 3 aromatic carbocycles. The zero-order valence-corrected chi connectivity index (χ0v) is 27.7. The number of benzene rings is 3. The summed E-state index contributed by atoms with van der Waals surface area (Å²) in [6, 6.07) is 28.3. The van der Waals surface area contributed by atoms with Gasteiger partial charge in [-0.15, -0.1) is 0 Å². The average Bonchev–Trinajstić information content (AvgIpc) is 3.86. The third kappa shape index (κ3) is 6.42. The minimum atomic E-state index is -0.326. The third-order valence-corrected chi connectivity index (χ3v) is 8.34. The topological polar surface area (TPSA) is 125 Å². The van der Waals surface area contributed by atoms with E-state index in [-0.39, 0.29) is 17.5 Å². The van der Waals surface area contributed by atoms with Gasteiger partial charge in [0, 0.05) is 33.8 Å². The Kier molecular flexibility index (Phi) is 9.04. The first kappa shape index (κ1) is 32.8. The Labute approximate surface area is 289 Å². The quantitative estimate of drug-likeness (QED) is 0.171. The number of nitrogens with one attached hydrogen (secondary N) is 3. The van der Waals surface area contributed by atoms with Gasteiger partial charge in [0.25, 0.3) is 0 Å². The molecule has 0 unspecified atom stereocenters. The highest BCUT2D eigenvalue weighted by Crippen LogP contribution is 2.33. The lowest BCUT2D eigenvalue weighted by Crippen LogP contribution is -1.89. The van der Waals surface area contributed by atoms with Crippen LogP contribution in [0.1, 0.15) is 17.1 Å². The third-order valence-electron chi connectivity index (χ3n) is 8.34. The predicted octanol–water partition coefficient (Wildman–Crippen LogP) is 9.22. The number of aromatic nitrogens is 9. The molecule has 0 spiro atoms. The van der Waals surface area contributed by atoms with Crippen LogP contribution in [0.4, 0.5) is 13.2 Å². The summed E-state index contributed by atoms with van der Waals surface area (Å²) in [7, 11) is 0. The molecule has 6 heterocycles. The van der Waals surface area contributed by atoms with Gasteiger partial charge in [0.1, 0.15) is 17.5 Å². The number of pyridine rings is 3. The van der Waals surface area contributed by atoms with Gasteiger partial charge in [-0.05, 0) is 37.5 Å². The Morgan fingerprint density at radius 2 is 0.647 bits per heavy atom. The summed E-state index contributed by atoms with van der Waals surface area (Å²) in [5, 5.41) is 22.9. The maximum atomic E-state index is 14.0. The van der Waals surface area contributed by atoms with E-state index in [1.807, 2.05) is 112 Å². The molecular weight excluding hydrogens is 651 g/mol. The van der Waals surface area contributed by atoms with E-state index in [0.29, 0.717) is 33.6 Å². The molecule has 252 valence electrons. The molecule has 0 radical (unpaired) electrons. The molecule has 0 saturated heterocycles. The van der Waals surface area contributed by atoms with Crippen LogP contribution in [0.15, 0.2) is 110 Å². The normalized spacial score (nSPS) is 10.9. The van der Waals surface area contributed by atoms with E-state index in [1.165, 1.54) is 18.6 Å². The zero-order valence-electron chi connectivity index (χ0n) is 27.7. The van der Waals surface area contributed by atoms with Gasteiger partial charge < -0.3 is 0 Å². The van der Waals surface area contributed by atoms with Crippen molar-refractivity contribution in [3.63, 3.8) is 0 Å². The van der Waals surface area contributed by atoms with Gasteiger partial charge in [-0.3, -0.25) is 15.3 Å². The first-order valence-electron chi connectivity index (χ1n) is 16.0. The summed E-state index contributed by atoms with van der Waals surface area (Å²) < 4.78 is 41.9. The number of hydrogen-bond acceptors (Lipinski definition) is 6. The average molecular weight is 682 g/mol. The summed E-state index contributed by atoms with van der Waals surface area (Å²) >= 11 is 0. The summed E-state index contributed by atoms with van der Waals surface area (Å²) in [5.41, 5.74) is 8.28. The van der Waals surface area contributed by atoms with Crippen LogP contribution in [0.3, 0.4) is 0 Å². The molecule has 0 saturated carbocycles. The molecule has 9 rings (SSSR count). The monoisotopic (exact) mass is 681 g/mol. The smallest absolute Gasteiger partial charge is 0.181 e. The fraction of sp³-hybridized carbons (Fsp3) is 0.0769. The first-order valence-corrected chi connectivity index (χ1v) is 16.0. The Morgan fingerprint density at radius 3 is 0.902 bits per heavy atom. The van der Waals surface area contributed by atoms with E-state index in [2.05, 4.69) is 45.5 Å². The van der Waals surface area contributed by atoms with Crippen LogP contribution < -0.4 is 0 Å². The van der Waals surface area contributed by atoms with E-state index in [0.717, 1.165) is 49.9 Å². The number of halogens is 3.